The Kier molecular flexibility index (Phi) is 66.9. The largest absolute Gasteiger partial charge is 0.472 e. The summed E-state index contributed by atoms with van der Waals surface area (Å²) in [7, 11) is -9.79. The highest BCUT2D eigenvalue weighted by Gasteiger charge is 2.29. The molecule has 0 amide bonds. The Hall–Kier alpha value is -4.05. The molecule has 0 fully saturated rings. The van der Waals surface area contributed by atoms with E-state index in [0.29, 0.717) is 19.3 Å². The smallest absolute Gasteiger partial charge is 0.463 e. The van der Waals surface area contributed by atoms with Gasteiger partial charge in [-0.1, -0.05) is 264 Å². The lowest BCUT2D eigenvalue weighted by atomic mass is 10.0. The first-order valence-electron chi connectivity index (χ1n) is 36.8. The second-order valence-corrected chi connectivity index (χ2v) is 27.3. The number of ether oxygens (including phenoxy) is 3. The van der Waals surface area contributed by atoms with E-state index in [1.54, 1.807) is 0 Å². The number of rotatable bonds is 69. The van der Waals surface area contributed by atoms with Crippen molar-refractivity contribution in [2.75, 3.05) is 39.6 Å². The van der Waals surface area contributed by atoms with E-state index in [2.05, 4.69) is 142 Å². The molecule has 546 valence electrons. The maximum absolute atomic E-state index is 12.9. The molecule has 4 N–H and O–H groups in total. The van der Waals surface area contributed by atoms with Gasteiger partial charge in [-0.15, -0.1) is 0 Å². The van der Waals surface area contributed by atoms with Gasteiger partial charge in [0.15, 0.2) is 6.10 Å². The van der Waals surface area contributed by atoms with E-state index in [1.165, 1.54) is 83.5 Å². The summed E-state index contributed by atoms with van der Waals surface area (Å²) in [4.78, 5) is 58.4. The van der Waals surface area contributed by atoms with Gasteiger partial charge in [-0.05, 0) is 128 Å². The number of unbranched alkanes of at least 4 members (excludes halogenated alkanes) is 26. The average molecular weight is 1380 g/mol. The van der Waals surface area contributed by atoms with Gasteiger partial charge in [-0.3, -0.25) is 32.5 Å². The van der Waals surface area contributed by atoms with Crippen LogP contribution < -0.4 is 0 Å². The highest BCUT2D eigenvalue weighted by atomic mass is 31.2. The van der Waals surface area contributed by atoms with E-state index in [1.807, 2.05) is 0 Å². The molecule has 0 bridgehead atoms. The molecule has 0 aromatic heterocycles. The van der Waals surface area contributed by atoms with Crippen molar-refractivity contribution in [1.29, 1.82) is 0 Å². The van der Waals surface area contributed by atoms with Gasteiger partial charge in [-0.25, -0.2) is 9.13 Å². The molecule has 0 rings (SSSR count). The Balaban J connectivity index is 4.50. The number of phosphoric acid groups is 2. The van der Waals surface area contributed by atoms with Gasteiger partial charge in [0.05, 0.1) is 26.4 Å². The van der Waals surface area contributed by atoms with Crippen molar-refractivity contribution in [3.63, 3.8) is 0 Å². The average Bonchev–Trinajstić information content (AvgIpc) is 3.77. The molecule has 16 nitrogen and oxygen atoms in total. The summed E-state index contributed by atoms with van der Waals surface area (Å²) in [6.07, 6.45) is 81.2. The Morgan fingerprint density at radius 2 is 0.568 bits per heavy atom. The lowest BCUT2D eigenvalue weighted by Gasteiger charge is -2.21. The van der Waals surface area contributed by atoms with E-state index in [0.717, 1.165) is 148 Å². The van der Waals surface area contributed by atoms with Crippen LogP contribution in [0.2, 0.25) is 0 Å². The molecule has 18 heteroatoms. The normalized spacial score (nSPS) is 14.8. The van der Waals surface area contributed by atoms with Gasteiger partial charge in [0.25, 0.3) is 0 Å². The number of carbonyl (C=O) groups is 3. The van der Waals surface area contributed by atoms with Crippen LogP contribution in [0.5, 0.6) is 0 Å². The van der Waals surface area contributed by atoms with Crippen molar-refractivity contribution in [3.8, 4) is 0 Å². The number of esters is 3. The Morgan fingerprint density at radius 3 is 0.926 bits per heavy atom. The van der Waals surface area contributed by atoms with Crippen LogP contribution in [0.4, 0.5) is 0 Å². The maximum Gasteiger partial charge on any atom is 0.472 e. The highest BCUT2D eigenvalue weighted by Crippen LogP contribution is 2.45. The Labute approximate surface area is 576 Å². The minimum Gasteiger partial charge on any atom is -0.463 e. The van der Waals surface area contributed by atoms with E-state index in [-0.39, 0.29) is 19.3 Å². The summed E-state index contributed by atoms with van der Waals surface area (Å²) in [6, 6.07) is 0. The highest BCUT2D eigenvalue weighted by molar-refractivity contribution is 7.47. The molecule has 0 aliphatic heterocycles. The monoisotopic (exact) mass is 1370 g/mol. The standard InChI is InChI=1S/C77H132O16P2/c1-4-7-10-13-16-19-22-24-26-28-30-32-33-34-35-36-37-39-41-42-44-46-49-51-54-57-60-63-75(80)87-66-72(78)67-89-94(83,84)90-68-73(79)69-91-95(85,86)92-71-74(93-77(82)65-62-59-56-53-48-21-18-15-12-9-6-3)70-88-76(81)64-61-58-55-52-50-47-45-43-40-38-31-29-27-25-23-20-17-14-11-8-5-2/h8,11,15-20,24-27,30-32,34-35,38,43,45,72-74,78-79H,4-7,9-10,12-14,21-23,28-29,33,36-37,39-42,44,46-71H2,1-3H3,(H,83,84)(H,85,86)/b11-8-,18-15-,19-16-,20-17-,26-24-,27-25-,32-30-,35-34-,38-31-,45-43-. The fourth-order valence-corrected chi connectivity index (χ4v) is 11.1. The molecule has 0 saturated heterocycles. The number of hydrogen-bond acceptors (Lipinski definition) is 14. The third-order valence-electron chi connectivity index (χ3n) is 15.1. The SMILES string of the molecule is CC/C=C\C/C=C\C/C=C\C/C=C\C/C=C\CCCCCCCC(=O)OCC(COP(=O)(O)OCC(O)COP(=O)(O)OCC(O)COC(=O)CCCCCCCCCCCCC/C=C\C/C=C\C/C=C\C/C=C\CCCCC)OC(=O)CCCCCCC/C=C\CCCC. The molecule has 0 aliphatic rings. The zero-order valence-corrected chi connectivity index (χ0v) is 61.1. The van der Waals surface area contributed by atoms with Crippen LogP contribution in [-0.2, 0) is 55.8 Å². The van der Waals surface area contributed by atoms with Gasteiger partial charge in [-0.2, -0.15) is 0 Å². The van der Waals surface area contributed by atoms with Crippen molar-refractivity contribution >= 4 is 33.6 Å². The number of allylic oxidation sites excluding steroid dienone is 20. The third kappa shape index (κ3) is 71.1. The minimum absolute atomic E-state index is 0.0870. The third-order valence-corrected chi connectivity index (χ3v) is 17.0. The van der Waals surface area contributed by atoms with Crippen molar-refractivity contribution in [2.45, 2.75) is 309 Å². The van der Waals surface area contributed by atoms with Crippen molar-refractivity contribution in [1.82, 2.24) is 0 Å². The quantitative estimate of drug-likeness (QED) is 0.0146. The molecule has 0 spiro atoms. The topological polar surface area (TPSA) is 231 Å². The number of hydrogen-bond donors (Lipinski definition) is 4. The zero-order valence-electron chi connectivity index (χ0n) is 59.3. The van der Waals surface area contributed by atoms with E-state index < -0.39 is 91.5 Å². The van der Waals surface area contributed by atoms with Gasteiger partial charge in [0.1, 0.15) is 25.4 Å². The second-order valence-electron chi connectivity index (χ2n) is 24.4. The summed E-state index contributed by atoms with van der Waals surface area (Å²) in [5.74, 6) is -1.61. The Bertz CT molecular complexity index is 2210. The summed E-state index contributed by atoms with van der Waals surface area (Å²) in [6.45, 7) is 2.45. The van der Waals surface area contributed by atoms with Crippen LogP contribution in [0.3, 0.4) is 0 Å². The van der Waals surface area contributed by atoms with Crippen molar-refractivity contribution < 1.29 is 75.8 Å². The molecule has 5 unspecified atom stereocenters. The minimum atomic E-state index is -4.93. The molecule has 0 aromatic carbocycles. The molecule has 0 radical (unpaired) electrons. The molecule has 95 heavy (non-hydrogen) atoms. The summed E-state index contributed by atoms with van der Waals surface area (Å²) in [5.41, 5.74) is 0. The molecule has 5 atom stereocenters. The number of phosphoric ester groups is 2. The molecular weight excluding hydrogens is 1240 g/mol. The lowest BCUT2D eigenvalue weighted by Crippen LogP contribution is -2.30. The summed E-state index contributed by atoms with van der Waals surface area (Å²) >= 11 is 0. The van der Waals surface area contributed by atoms with Crippen LogP contribution in [0.1, 0.15) is 290 Å². The molecule has 0 aromatic rings. The van der Waals surface area contributed by atoms with Crippen LogP contribution in [0, 0.1) is 0 Å². The fourth-order valence-electron chi connectivity index (χ4n) is 9.50. The van der Waals surface area contributed by atoms with Crippen molar-refractivity contribution in [3.05, 3.63) is 122 Å². The van der Waals surface area contributed by atoms with Crippen LogP contribution in [0.15, 0.2) is 122 Å². The van der Waals surface area contributed by atoms with Gasteiger partial charge in [0, 0.05) is 19.3 Å². The van der Waals surface area contributed by atoms with Gasteiger partial charge in [0.2, 0.25) is 0 Å². The molecule has 0 aliphatic carbocycles. The lowest BCUT2D eigenvalue weighted by molar-refractivity contribution is -0.161. The van der Waals surface area contributed by atoms with Crippen molar-refractivity contribution in [2.24, 2.45) is 0 Å². The zero-order chi connectivity index (χ0) is 69.5. The van der Waals surface area contributed by atoms with E-state index in [9.17, 15) is 43.5 Å². The molecule has 0 heterocycles. The predicted molar refractivity (Wildman–Crippen MR) is 390 cm³/mol. The van der Waals surface area contributed by atoms with Gasteiger partial charge >= 0.3 is 33.6 Å². The first kappa shape index (κ1) is 91.0. The van der Waals surface area contributed by atoms with Crippen LogP contribution >= 0.6 is 15.6 Å². The number of carbonyl (C=O) groups excluding carboxylic acids is 3. The summed E-state index contributed by atoms with van der Waals surface area (Å²) in [5, 5.41) is 20.6. The fraction of sp³-hybridized carbons (Fsp3) is 0.701. The second kappa shape index (κ2) is 69.8. The van der Waals surface area contributed by atoms with E-state index >= 15 is 0 Å². The number of aliphatic hydroxyl groups is 2. The number of aliphatic hydroxyl groups excluding tert-OH is 2. The maximum atomic E-state index is 12.9. The predicted octanol–water partition coefficient (Wildman–Crippen LogP) is 21.0. The van der Waals surface area contributed by atoms with Crippen LogP contribution in [0.25, 0.3) is 0 Å². The van der Waals surface area contributed by atoms with E-state index in [4.69, 9.17) is 32.3 Å². The first-order chi connectivity index (χ1) is 46.2. The van der Waals surface area contributed by atoms with Crippen LogP contribution in [-0.4, -0.2) is 95.9 Å². The first-order valence-corrected chi connectivity index (χ1v) is 39.8. The molecular formula is C77H132O16P2. The summed E-state index contributed by atoms with van der Waals surface area (Å²) < 4.78 is 60.9. The van der Waals surface area contributed by atoms with Gasteiger partial charge < -0.3 is 34.2 Å². The Morgan fingerprint density at radius 1 is 0.305 bits per heavy atom. The molecule has 0 saturated carbocycles.